The monoisotopic (exact) mass is 237 g/mol. The van der Waals surface area contributed by atoms with Gasteiger partial charge in [0, 0.05) is 24.4 Å². The van der Waals surface area contributed by atoms with Gasteiger partial charge in [-0.05, 0) is 18.6 Å². The van der Waals surface area contributed by atoms with Gasteiger partial charge < -0.3 is 4.90 Å². The number of fused-ring (bicyclic) bond motifs is 1. The Kier molecular flexibility index (Phi) is 7.27. The number of hydrogen-bond acceptors (Lipinski definition) is 1. The molecule has 1 aliphatic rings. The maximum absolute atomic E-state index is 13.3. The van der Waals surface area contributed by atoms with Crippen molar-refractivity contribution in [2.45, 2.75) is 47.7 Å². The lowest BCUT2D eigenvalue weighted by Crippen LogP contribution is -2.12. The lowest BCUT2D eigenvalue weighted by atomic mass is 10.1. The van der Waals surface area contributed by atoms with Crippen molar-refractivity contribution < 1.29 is 4.39 Å². The molecule has 1 heterocycles. The molecule has 1 nitrogen and oxygen atoms in total. The summed E-state index contributed by atoms with van der Waals surface area (Å²) in [6.07, 6.45) is 0. The average molecular weight is 237 g/mol. The first-order valence-corrected chi connectivity index (χ1v) is 6.35. The number of allylic oxidation sites excluding steroid dienone is 1. The predicted molar refractivity (Wildman–Crippen MR) is 73.2 cm³/mol. The summed E-state index contributed by atoms with van der Waals surface area (Å²) in [5.74, 6) is -0.0961. The summed E-state index contributed by atoms with van der Waals surface area (Å²) in [6.45, 7) is 15.3. The van der Waals surface area contributed by atoms with E-state index in [9.17, 15) is 4.39 Å². The minimum Gasteiger partial charge on any atom is -0.367 e. The molecule has 0 saturated carbocycles. The van der Waals surface area contributed by atoms with Gasteiger partial charge in [-0.1, -0.05) is 46.4 Å². The Balaban J connectivity index is 0.000000581. The topological polar surface area (TPSA) is 3.24 Å². The molecule has 0 N–H and O–H groups in total. The van der Waals surface area contributed by atoms with Crippen LogP contribution in [0.4, 0.5) is 4.39 Å². The maximum atomic E-state index is 13.3. The summed E-state index contributed by atoms with van der Waals surface area (Å²) in [5, 5.41) is 0. The van der Waals surface area contributed by atoms with E-state index in [1.165, 1.54) is 6.07 Å². The Morgan fingerprint density at radius 2 is 1.76 bits per heavy atom. The molecule has 0 radical (unpaired) electrons. The van der Waals surface area contributed by atoms with Crippen LogP contribution in [0.2, 0.25) is 0 Å². The molecule has 1 aliphatic heterocycles. The van der Waals surface area contributed by atoms with Gasteiger partial charge in [-0.3, -0.25) is 0 Å². The molecule has 17 heavy (non-hydrogen) atoms. The van der Waals surface area contributed by atoms with Crippen molar-refractivity contribution in [1.29, 1.82) is 0 Å². The van der Waals surface area contributed by atoms with E-state index in [0.717, 1.165) is 23.4 Å². The van der Waals surface area contributed by atoms with Gasteiger partial charge in [-0.15, -0.1) is 0 Å². The molecule has 2 rings (SSSR count). The first-order valence-electron chi connectivity index (χ1n) is 6.35. The molecule has 2 heteroatoms. The van der Waals surface area contributed by atoms with Crippen LogP contribution in [-0.2, 0) is 13.1 Å². The molecule has 0 amide bonds. The average Bonchev–Trinajstić information content (AvgIpc) is 2.80. The summed E-state index contributed by atoms with van der Waals surface area (Å²) in [5.41, 5.74) is 2.91. The van der Waals surface area contributed by atoms with Crippen LogP contribution in [0.15, 0.2) is 30.5 Å². The Labute approximate surface area is 105 Å². The number of halogens is 1. The highest BCUT2D eigenvalue weighted by molar-refractivity contribution is 5.32. The Morgan fingerprint density at radius 1 is 1.18 bits per heavy atom. The van der Waals surface area contributed by atoms with Crippen LogP contribution in [0.1, 0.15) is 45.7 Å². The SMILES string of the molecule is C=C(C)N1Cc2cccc(F)c2C1.CC.CC. The quantitative estimate of drug-likeness (QED) is 0.682. The van der Waals surface area contributed by atoms with Crippen LogP contribution < -0.4 is 0 Å². The second-order valence-corrected chi connectivity index (χ2v) is 3.47. The molecule has 0 spiro atoms. The Bertz CT molecular complexity index is 358. The maximum Gasteiger partial charge on any atom is 0.128 e. The fourth-order valence-electron chi connectivity index (χ4n) is 1.65. The Hall–Kier alpha value is -1.31. The summed E-state index contributed by atoms with van der Waals surface area (Å²) in [6, 6.07) is 5.25. The molecule has 0 bridgehead atoms. The van der Waals surface area contributed by atoms with Crippen LogP contribution in [0.5, 0.6) is 0 Å². The summed E-state index contributed by atoms with van der Waals surface area (Å²) in [7, 11) is 0. The van der Waals surface area contributed by atoms with Gasteiger partial charge in [-0.2, -0.15) is 0 Å². The smallest absolute Gasteiger partial charge is 0.128 e. The van der Waals surface area contributed by atoms with Gasteiger partial charge in [0.2, 0.25) is 0 Å². The molecule has 96 valence electrons. The second kappa shape index (κ2) is 7.88. The Morgan fingerprint density at radius 3 is 2.24 bits per heavy atom. The van der Waals surface area contributed by atoms with E-state index in [4.69, 9.17) is 0 Å². The van der Waals surface area contributed by atoms with Gasteiger partial charge in [0.05, 0.1) is 0 Å². The molecule has 0 aliphatic carbocycles. The van der Waals surface area contributed by atoms with Crippen molar-refractivity contribution in [2.24, 2.45) is 0 Å². The lowest BCUT2D eigenvalue weighted by molar-refractivity contribution is 0.362. The predicted octanol–water partition coefficient (Wildman–Crippen LogP) is 4.73. The van der Waals surface area contributed by atoms with Gasteiger partial charge in [0.25, 0.3) is 0 Å². The van der Waals surface area contributed by atoms with Crippen LogP contribution in [0, 0.1) is 5.82 Å². The van der Waals surface area contributed by atoms with E-state index in [-0.39, 0.29) is 5.82 Å². The van der Waals surface area contributed by atoms with E-state index in [1.54, 1.807) is 6.07 Å². The third kappa shape index (κ3) is 3.88. The third-order valence-electron chi connectivity index (χ3n) is 2.47. The molecule has 0 unspecified atom stereocenters. The van der Waals surface area contributed by atoms with Crippen LogP contribution in [0.25, 0.3) is 0 Å². The minimum absolute atomic E-state index is 0.0961. The summed E-state index contributed by atoms with van der Waals surface area (Å²) < 4.78 is 13.3. The van der Waals surface area contributed by atoms with E-state index in [0.29, 0.717) is 6.54 Å². The molecular formula is C15H24FN. The van der Waals surface area contributed by atoms with E-state index in [2.05, 4.69) is 11.5 Å². The number of benzene rings is 1. The van der Waals surface area contributed by atoms with Crippen molar-refractivity contribution >= 4 is 0 Å². The van der Waals surface area contributed by atoms with Gasteiger partial charge >= 0.3 is 0 Å². The van der Waals surface area contributed by atoms with Gasteiger partial charge in [0.15, 0.2) is 0 Å². The third-order valence-corrected chi connectivity index (χ3v) is 2.47. The minimum atomic E-state index is -0.0961. The van der Waals surface area contributed by atoms with E-state index in [1.807, 2.05) is 40.7 Å². The fraction of sp³-hybridized carbons (Fsp3) is 0.467. The first-order chi connectivity index (χ1) is 8.18. The molecular weight excluding hydrogens is 213 g/mol. The second-order valence-electron chi connectivity index (χ2n) is 3.47. The van der Waals surface area contributed by atoms with Crippen molar-refractivity contribution in [2.75, 3.05) is 0 Å². The normalized spacial score (nSPS) is 11.8. The van der Waals surface area contributed by atoms with Crippen LogP contribution in [0.3, 0.4) is 0 Å². The molecule has 1 aromatic rings. The lowest BCUT2D eigenvalue weighted by Gasteiger charge is -2.16. The number of nitrogens with zero attached hydrogens (tertiary/aromatic N) is 1. The molecule has 0 aromatic heterocycles. The molecule has 0 atom stereocenters. The zero-order chi connectivity index (χ0) is 13.4. The number of hydrogen-bond donors (Lipinski definition) is 0. The molecule has 0 fully saturated rings. The standard InChI is InChI=1S/C11H12FN.2C2H6/c1-8(2)13-6-9-4-3-5-11(12)10(9)7-13;2*1-2/h3-5H,1,6-7H2,2H3;2*1-2H3. The number of rotatable bonds is 1. The fourth-order valence-corrected chi connectivity index (χ4v) is 1.65. The van der Waals surface area contributed by atoms with E-state index < -0.39 is 0 Å². The van der Waals surface area contributed by atoms with Crippen molar-refractivity contribution in [3.05, 3.63) is 47.4 Å². The van der Waals surface area contributed by atoms with Crippen molar-refractivity contribution in [1.82, 2.24) is 4.90 Å². The summed E-state index contributed by atoms with van der Waals surface area (Å²) >= 11 is 0. The zero-order valence-electron chi connectivity index (χ0n) is 11.7. The van der Waals surface area contributed by atoms with Crippen molar-refractivity contribution in [3.63, 3.8) is 0 Å². The largest absolute Gasteiger partial charge is 0.367 e. The molecule has 1 aromatic carbocycles. The highest BCUT2D eigenvalue weighted by atomic mass is 19.1. The van der Waals surface area contributed by atoms with Gasteiger partial charge in [0.1, 0.15) is 5.82 Å². The van der Waals surface area contributed by atoms with Gasteiger partial charge in [-0.25, -0.2) is 4.39 Å². The molecule has 0 saturated heterocycles. The van der Waals surface area contributed by atoms with E-state index >= 15 is 0 Å². The zero-order valence-corrected chi connectivity index (χ0v) is 11.7. The highest BCUT2D eigenvalue weighted by Crippen LogP contribution is 2.26. The highest BCUT2D eigenvalue weighted by Gasteiger charge is 2.20. The first kappa shape index (κ1) is 15.7. The van der Waals surface area contributed by atoms with Crippen LogP contribution in [-0.4, -0.2) is 4.90 Å². The van der Waals surface area contributed by atoms with Crippen LogP contribution >= 0.6 is 0 Å². The summed E-state index contributed by atoms with van der Waals surface area (Å²) in [4.78, 5) is 2.08. The van der Waals surface area contributed by atoms with Crippen molar-refractivity contribution in [3.8, 4) is 0 Å².